The summed E-state index contributed by atoms with van der Waals surface area (Å²) in [4.78, 5) is 14.1. The van der Waals surface area contributed by atoms with E-state index in [4.69, 9.17) is 4.74 Å². The molecule has 94 valence electrons. The third kappa shape index (κ3) is 4.10. The number of nitrogens with one attached hydrogen (secondary N) is 1. The molecule has 0 aromatic carbocycles. The smallest absolute Gasteiger partial charge is 0.310 e. The van der Waals surface area contributed by atoms with Gasteiger partial charge in [-0.15, -0.1) is 0 Å². The van der Waals surface area contributed by atoms with Gasteiger partial charge in [0.15, 0.2) is 0 Å². The first-order valence-electron chi connectivity index (χ1n) is 5.89. The summed E-state index contributed by atoms with van der Waals surface area (Å²) in [6.45, 7) is 7.41. The van der Waals surface area contributed by atoms with Gasteiger partial charge in [-0.3, -0.25) is 4.79 Å². The van der Waals surface area contributed by atoms with Crippen LogP contribution < -0.4 is 5.32 Å². The SMILES string of the molecule is CN(C)[C@H]1CNC[C@H](C(=O)OC(C)(C)C)C1. The van der Waals surface area contributed by atoms with E-state index in [0.717, 1.165) is 19.5 Å². The predicted octanol–water partition coefficient (Wildman–Crippen LogP) is 0.868. The van der Waals surface area contributed by atoms with Gasteiger partial charge in [0, 0.05) is 19.1 Å². The molecule has 0 amide bonds. The second-order valence-electron chi connectivity index (χ2n) is 5.74. The Bertz CT molecular complexity index is 246. The minimum absolute atomic E-state index is 0.0135. The number of rotatable bonds is 2. The van der Waals surface area contributed by atoms with Gasteiger partial charge in [-0.05, 0) is 41.3 Å². The van der Waals surface area contributed by atoms with Crippen LogP contribution in [0.2, 0.25) is 0 Å². The van der Waals surface area contributed by atoms with Crippen LogP contribution in [-0.2, 0) is 9.53 Å². The highest BCUT2D eigenvalue weighted by atomic mass is 16.6. The third-order valence-electron chi connectivity index (χ3n) is 2.80. The molecule has 0 aromatic heterocycles. The number of hydrogen-bond donors (Lipinski definition) is 1. The quantitative estimate of drug-likeness (QED) is 0.712. The van der Waals surface area contributed by atoms with Gasteiger partial charge < -0.3 is 15.0 Å². The molecule has 4 heteroatoms. The highest BCUT2D eigenvalue weighted by Gasteiger charge is 2.31. The lowest BCUT2D eigenvalue weighted by atomic mass is 9.95. The molecule has 0 bridgehead atoms. The standard InChI is InChI=1S/C12H24N2O2/c1-12(2,3)16-11(15)9-6-10(14(4)5)8-13-7-9/h9-10,13H,6-8H2,1-5H3/t9-,10-/m1/s1. The summed E-state index contributed by atoms with van der Waals surface area (Å²) in [5, 5.41) is 3.29. The van der Waals surface area contributed by atoms with Crippen molar-refractivity contribution in [1.82, 2.24) is 10.2 Å². The van der Waals surface area contributed by atoms with E-state index in [2.05, 4.69) is 10.2 Å². The molecule has 0 spiro atoms. The largest absolute Gasteiger partial charge is 0.460 e. The molecule has 1 aliphatic heterocycles. The summed E-state index contributed by atoms with van der Waals surface area (Å²) >= 11 is 0. The van der Waals surface area contributed by atoms with Gasteiger partial charge in [-0.2, -0.15) is 0 Å². The first-order chi connectivity index (χ1) is 7.29. The van der Waals surface area contributed by atoms with Gasteiger partial charge in [0.25, 0.3) is 0 Å². The van der Waals surface area contributed by atoms with Crippen LogP contribution in [0.5, 0.6) is 0 Å². The van der Waals surface area contributed by atoms with Crippen LogP contribution in [-0.4, -0.2) is 49.7 Å². The molecule has 4 nitrogen and oxygen atoms in total. The summed E-state index contributed by atoms with van der Waals surface area (Å²) in [7, 11) is 4.09. The molecular weight excluding hydrogens is 204 g/mol. The molecule has 0 aromatic rings. The van der Waals surface area contributed by atoms with E-state index in [0.29, 0.717) is 6.04 Å². The van der Waals surface area contributed by atoms with Crippen LogP contribution >= 0.6 is 0 Å². The van der Waals surface area contributed by atoms with E-state index < -0.39 is 0 Å². The maximum Gasteiger partial charge on any atom is 0.310 e. The zero-order valence-electron chi connectivity index (χ0n) is 11.0. The van der Waals surface area contributed by atoms with Gasteiger partial charge >= 0.3 is 5.97 Å². The first kappa shape index (κ1) is 13.5. The Labute approximate surface area is 98.3 Å². The Morgan fingerprint density at radius 1 is 1.31 bits per heavy atom. The van der Waals surface area contributed by atoms with E-state index >= 15 is 0 Å². The summed E-state index contributed by atoms with van der Waals surface area (Å²) in [6.07, 6.45) is 0.884. The number of esters is 1. The molecule has 1 fully saturated rings. The minimum Gasteiger partial charge on any atom is -0.460 e. The normalized spacial score (nSPS) is 26.9. The van der Waals surface area contributed by atoms with Crippen LogP contribution in [0, 0.1) is 5.92 Å². The number of likely N-dealkylation sites (N-methyl/N-ethyl adjacent to an activating group) is 1. The van der Waals surface area contributed by atoms with Crippen LogP contribution in [0.15, 0.2) is 0 Å². The number of carbonyl (C=O) groups is 1. The summed E-state index contributed by atoms with van der Waals surface area (Å²) in [5.74, 6) is -0.0908. The number of nitrogens with zero attached hydrogens (tertiary/aromatic N) is 1. The average molecular weight is 228 g/mol. The van der Waals surface area contributed by atoms with Crippen LogP contribution in [0.3, 0.4) is 0 Å². The Kier molecular flexibility index (Phi) is 4.33. The van der Waals surface area contributed by atoms with Crippen LogP contribution in [0.25, 0.3) is 0 Å². The molecule has 1 saturated heterocycles. The average Bonchev–Trinajstić information content (AvgIpc) is 2.15. The summed E-state index contributed by atoms with van der Waals surface area (Å²) < 4.78 is 5.41. The van der Waals surface area contributed by atoms with Crippen molar-refractivity contribution in [1.29, 1.82) is 0 Å². The molecule has 1 N–H and O–H groups in total. The van der Waals surface area contributed by atoms with E-state index in [1.807, 2.05) is 34.9 Å². The minimum atomic E-state index is -0.387. The molecule has 0 unspecified atom stereocenters. The fraction of sp³-hybridized carbons (Fsp3) is 0.917. The molecular formula is C12H24N2O2. The Morgan fingerprint density at radius 3 is 2.44 bits per heavy atom. The van der Waals surface area contributed by atoms with Crippen molar-refractivity contribution in [2.24, 2.45) is 5.92 Å². The highest BCUT2D eigenvalue weighted by Crippen LogP contribution is 2.18. The first-order valence-corrected chi connectivity index (χ1v) is 5.89. The lowest BCUT2D eigenvalue weighted by Crippen LogP contribution is -2.49. The fourth-order valence-corrected chi connectivity index (χ4v) is 1.88. The van der Waals surface area contributed by atoms with E-state index in [-0.39, 0.29) is 17.5 Å². The van der Waals surface area contributed by atoms with Crippen molar-refractivity contribution >= 4 is 5.97 Å². The van der Waals surface area contributed by atoms with Crippen molar-refractivity contribution in [3.8, 4) is 0 Å². The number of piperidine rings is 1. The fourth-order valence-electron chi connectivity index (χ4n) is 1.88. The summed E-state index contributed by atoms with van der Waals surface area (Å²) in [5.41, 5.74) is -0.387. The lowest BCUT2D eigenvalue weighted by Gasteiger charge is -2.34. The van der Waals surface area contributed by atoms with E-state index in [9.17, 15) is 4.79 Å². The Balaban J connectivity index is 2.50. The van der Waals surface area contributed by atoms with E-state index in [1.54, 1.807) is 0 Å². The molecule has 2 atom stereocenters. The van der Waals surface area contributed by atoms with Crippen molar-refractivity contribution in [2.75, 3.05) is 27.2 Å². The zero-order valence-corrected chi connectivity index (χ0v) is 11.0. The summed E-state index contributed by atoms with van der Waals surface area (Å²) in [6, 6.07) is 0.422. The highest BCUT2D eigenvalue weighted by molar-refractivity contribution is 5.73. The molecule has 16 heavy (non-hydrogen) atoms. The molecule has 0 radical (unpaired) electrons. The Morgan fingerprint density at radius 2 is 1.94 bits per heavy atom. The van der Waals surface area contributed by atoms with Crippen molar-refractivity contribution in [3.63, 3.8) is 0 Å². The van der Waals surface area contributed by atoms with Gasteiger partial charge in [0.2, 0.25) is 0 Å². The Hall–Kier alpha value is -0.610. The van der Waals surface area contributed by atoms with Gasteiger partial charge in [-0.25, -0.2) is 0 Å². The number of hydrogen-bond acceptors (Lipinski definition) is 4. The zero-order chi connectivity index (χ0) is 12.3. The van der Waals surface area contributed by atoms with Crippen LogP contribution in [0.1, 0.15) is 27.2 Å². The number of carbonyl (C=O) groups excluding carboxylic acids is 1. The van der Waals surface area contributed by atoms with Crippen molar-refractivity contribution in [3.05, 3.63) is 0 Å². The monoisotopic (exact) mass is 228 g/mol. The second-order valence-corrected chi connectivity index (χ2v) is 5.74. The van der Waals surface area contributed by atoms with Crippen LogP contribution in [0.4, 0.5) is 0 Å². The van der Waals surface area contributed by atoms with E-state index in [1.165, 1.54) is 0 Å². The molecule has 0 saturated carbocycles. The topological polar surface area (TPSA) is 41.6 Å². The molecule has 1 heterocycles. The van der Waals surface area contributed by atoms with Gasteiger partial charge in [0.05, 0.1) is 5.92 Å². The maximum atomic E-state index is 11.9. The van der Waals surface area contributed by atoms with Crippen molar-refractivity contribution in [2.45, 2.75) is 38.8 Å². The van der Waals surface area contributed by atoms with Gasteiger partial charge in [-0.1, -0.05) is 0 Å². The molecule has 1 rings (SSSR count). The maximum absolute atomic E-state index is 11.9. The van der Waals surface area contributed by atoms with Gasteiger partial charge in [0.1, 0.15) is 5.60 Å². The second kappa shape index (κ2) is 5.15. The molecule has 1 aliphatic rings. The lowest BCUT2D eigenvalue weighted by molar-refractivity contribution is -0.161. The third-order valence-corrected chi connectivity index (χ3v) is 2.80. The predicted molar refractivity (Wildman–Crippen MR) is 64.3 cm³/mol. The molecule has 0 aliphatic carbocycles. The number of ether oxygens (including phenoxy) is 1. The van der Waals surface area contributed by atoms with Crippen molar-refractivity contribution < 1.29 is 9.53 Å².